The number of primary amides is 1. The molecule has 2 aromatic heterocycles. The minimum atomic E-state index is -4.65. The third-order valence-corrected chi connectivity index (χ3v) is 7.19. The van der Waals surface area contributed by atoms with Crippen molar-refractivity contribution in [1.82, 2.24) is 15.0 Å². The highest BCUT2D eigenvalue weighted by Crippen LogP contribution is 2.48. The fourth-order valence-electron chi connectivity index (χ4n) is 4.18. The predicted molar refractivity (Wildman–Crippen MR) is 109 cm³/mol. The molecule has 1 spiro atoms. The molecule has 6 N–H and O–H groups in total. The minimum absolute atomic E-state index is 0.0365. The zero-order valence-electron chi connectivity index (χ0n) is 16.5. The molecule has 1 aliphatic carbocycles. The summed E-state index contributed by atoms with van der Waals surface area (Å²) in [4.78, 5) is 25.7. The topological polar surface area (TPSA) is 137 Å². The van der Waals surface area contributed by atoms with Crippen LogP contribution in [0.4, 0.5) is 24.8 Å². The van der Waals surface area contributed by atoms with Crippen LogP contribution >= 0.6 is 11.8 Å². The minimum Gasteiger partial charge on any atom is -0.381 e. The normalized spacial score (nSPS) is 20.5. The molecule has 4 rings (SSSR count). The van der Waals surface area contributed by atoms with Crippen LogP contribution in [0.3, 0.4) is 0 Å². The van der Waals surface area contributed by atoms with Crippen molar-refractivity contribution < 1.29 is 18.0 Å². The lowest BCUT2D eigenvalue weighted by molar-refractivity contribution is -0.143. The van der Waals surface area contributed by atoms with E-state index in [0.29, 0.717) is 24.9 Å². The number of nitrogens with two attached hydrogens (primary N) is 3. The SMILES string of the molecule is NC(=O)c1nc(Sc2cccnc2C(F)(F)F)c(N)nc1N1CCC2(CC[C@@H]2N)CC1. The summed E-state index contributed by atoms with van der Waals surface area (Å²) in [5.41, 5.74) is 16.7. The van der Waals surface area contributed by atoms with Crippen molar-refractivity contribution in [3.8, 4) is 0 Å². The molecule has 1 saturated heterocycles. The van der Waals surface area contributed by atoms with Gasteiger partial charge >= 0.3 is 6.18 Å². The van der Waals surface area contributed by atoms with E-state index in [1.807, 2.05) is 4.90 Å². The van der Waals surface area contributed by atoms with Crippen LogP contribution in [0.1, 0.15) is 41.9 Å². The van der Waals surface area contributed by atoms with E-state index in [2.05, 4.69) is 15.0 Å². The Morgan fingerprint density at radius 2 is 1.94 bits per heavy atom. The number of piperidine rings is 1. The molecule has 2 fully saturated rings. The number of nitrogens with zero attached hydrogens (tertiary/aromatic N) is 4. The van der Waals surface area contributed by atoms with Gasteiger partial charge in [0.1, 0.15) is 5.03 Å². The van der Waals surface area contributed by atoms with Crippen LogP contribution in [0.5, 0.6) is 0 Å². The molecule has 8 nitrogen and oxygen atoms in total. The Bertz CT molecular complexity index is 1010. The number of halogens is 3. The molecule has 0 aromatic carbocycles. The Kier molecular flexibility index (Phi) is 5.46. The quantitative estimate of drug-likeness (QED) is 0.642. The van der Waals surface area contributed by atoms with Crippen molar-refractivity contribution in [2.45, 2.75) is 47.8 Å². The van der Waals surface area contributed by atoms with Gasteiger partial charge in [-0.1, -0.05) is 11.8 Å². The summed E-state index contributed by atoms with van der Waals surface area (Å²) in [6.07, 6.45) is 0.214. The lowest BCUT2D eigenvalue weighted by Gasteiger charge is -2.52. The number of amides is 1. The molecule has 31 heavy (non-hydrogen) atoms. The Hall–Kier alpha value is -2.60. The second kappa shape index (κ2) is 7.83. The van der Waals surface area contributed by atoms with Gasteiger partial charge in [0.05, 0.1) is 0 Å². The molecule has 1 saturated carbocycles. The van der Waals surface area contributed by atoms with Crippen molar-refractivity contribution >= 4 is 29.3 Å². The standard InChI is InChI=1S/C19H22F3N7OS/c20-19(21,22)13-10(2-1-7-26-13)31-17-14(24)28-16(12(27-17)15(25)30)29-8-5-18(6-9-29)4-3-11(18)23/h1-2,7,11H,3-6,8-9,23H2,(H2,24,28)(H2,25,30)/t11-/m0/s1. The molecule has 2 aliphatic rings. The number of rotatable bonds is 4. The number of carbonyl (C=O) groups is 1. The zero-order valence-corrected chi connectivity index (χ0v) is 17.3. The number of hydrogen-bond acceptors (Lipinski definition) is 8. The van der Waals surface area contributed by atoms with E-state index in [1.54, 1.807) is 0 Å². The lowest BCUT2D eigenvalue weighted by atomic mass is 9.60. The molecule has 166 valence electrons. The fraction of sp³-hybridized carbons (Fsp3) is 0.474. The highest BCUT2D eigenvalue weighted by Gasteiger charge is 2.46. The van der Waals surface area contributed by atoms with Gasteiger partial charge in [0, 0.05) is 30.2 Å². The summed E-state index contributed by atoms with van der Waals surface area (Å²) in [6, 6.07) is 2.81. The van der Waals surface area contributed by atoms with E-state index < -0.39 is 17.8 Å². The molecule has 12 heteroatoms. The van der Waals surface area contributed by atoms with Gasteiger partial charge in [0.25, 0.3) is 5.91 Å². The number of anilines is 2. The maximum Gasteiger partial charge on any atom is 0.434 e. The molecule has 2 aromatic rings. The van der Waals surface area contributed by atoms with Crippen molar-refractivity contribution in [2.24, 2.45) is 16.9 Å². The van der Waals surface area contributed by atoms with Crippen LogP contribution in [0.15, 0.2) is 28.3 Å². The first-order valence-electron chi connectivity index (χ1n) is 9.79. The van der Waals surface area contributed by atoms with Crippen molar-refractivity contribution in [1.29, 1.82) is 0 Å². The summed E-state index contributed by atoms with van der Waals surface area (Å²) < 4.78 is 39.8. The molecule has 0 unspecified atom stereocenters. The zero-order chi connectivity index (χ0) is 22.4. The van der Waals surface area contributed by atoms with E-state index >= 15 is 0 Å². The first kappa shape index (κ1) is 21.6. The predicted octanol–water partition coefficient (Wildman–Crippen LogP) is 2.43. The van der Waals surface area contributed by atoms with Gasteiger partial charge in [-0.05, 0) is 43.2 Å². The van der Waals surface area contributed by atoms with Gasteiger partial charge < -0.3 is 22.1 Å². The molecule has 3 heterocycles. The molecule has 0 bridgehead atoms. The lowest BCUT2D eigenvalue weighted by Crippen LogP contribution is -2.56. The molecular weight excluding hydrogens is 431 g/mol. The van der Waals surface area contributed by atoms with Crippen LogP contribution in [0, 0.1) is 5.41 Å². The summed E-state index contributed by atoms with van der Waals surface area (Å²) in [6.45, 7) is 1.24. The van der Waals surface area contributed by atoms with Crippen molar-refractivity contribution in [3.05, 3.63) is 29.7 Å². The van der Waals surface area contributed by atoms with E-state index in [1.165, 1.54) is 12.1 Å². The van der Waals surface area contributed by atoms with E-state index in [-0.39, 0.29) is 38.7 Å². The average molecular weight is 453 g/mol. The highest BCUT2D eigenvalue weighted by atomic mass is 32.2. The smallest absolute Gasteiger partial charge is 0.381 e. The second-order valence-electron chi connectivity index (χ2n) is 7.90. The van der Waals surface area contributed by atoms with Gasteiger partial charge in [-0.3, -0.25) is 9.78 Å². The van der Waals surface area contributed by atoms with Crippen molar-refractivity contribution in [2.75, 3.05) is 23.7 Å². The van der Waals surface area contributed by atoms with Crippen LogP contribution in [0.25, 0.3) is 0 Å². The van der Waals surface area contributed by atoms with Gasteiger partial charge in [0.2, 0.25) is 0 Å². The molecule has 1 atom stereocenters. The Labute approximate surface area is 180 Å². The third kappa shape index (κ3) is 4.01. The molecular formula is C19H22F3N7OS. The number of hydrogen-bond donors (Lipinski definition) is 3. The van der Waals surface area contributed by atoms with Crippen molar-refractivity contribution in [3.63, 3.8) is 0 Å². The largest absolute Gasteiger partial charge is 0.434 e. The second-order valence-corrected chi connectivity index (χ2v) is 8.93. The summed E-state index contributed by atoms with van der Waals surface area (Å²) in [5, 5.41) is -0.0365. The van der Waals surface area contributed by atoms with E-state index in [4.69, 9.17) is 17.2 Å². The summed E-state index contributed by atoms with van der Waals surface area (Å²) >= 11 is 0.644. The van der Waals surface area contributed by atoms with Crippen LogP contribution in [0.2, 0.25) is 0 Å². The Balaban J connectivity index is 1.63. The fourth-order valence-corrected chi connectivity index (χ4v) is 5.09. The number of carbonyl (C=O) groups excluding carboxylic acids is 1. The molecule has 1 aliphatic heterocycles. The average Bonchev–Trinajstić information content (AvgIpc) is 2.73. The van der Waals surface area contributed by atoms with Gasteiger partial charge in [-0.25, -0.2) is 9.97 Å². The number of alkyl halides is 3. The number of pyridine rings is 1. The van der Waals surface area contributed by atoms with Gasteiger partial charge in [0.15, 0.2) is 23.0 Å². The van der Waals surface area contributed by atoms with Gasteiger partial charge in [-0.2, -0.15) is 13.2 Å². The van der Waals surface area contributed by atoms with Crippen LogP contribution in [-0.2, 0) is 6.18 Å². The van der Waals surface area contributed by atoms with E-state index in [9.17, 15) is 18.0 Å². The number of aromatic nitrogens is 3. The first-order chi connectivity index (χ1) is 14.6. The molecule has 1 amide bonds. The first-order valence-corrected chi connectivity index (χ1v) is 10.6. The van der Waals surface area contributed by atoms with Crippen LogP contribution < -0.4 is 22.1 Å². The Morgan fingerprint density at radius 3 is 2.48 bits per heavy atom. The third-order valence-electron chi connectivity index (χ3n) is 6.15. The molecule has 0 radical (unpaired) electrons. The summed E-state index contributed by atoms with van der Waals surface area (Å²) in [5.74, 6) is -0.658. The monoisotopic (exact) mass is 453 g/mol. The number of nitrogen functional groups attached to an aromatic ring is 1. The maximum absolute atomic E-state index is 13.3. The Morgan fingerprint density at radius 1 is 1.23 bits per heavy atom. The van der Waals surface area contributed by atoms with E-state index in [0.717, 1.165) is 31.9 Å². The maximum atomic E-state index is 13.3. The van der Waals surface area contributed by atoms with Gasteiger partial charge in [-0.15, -0.1) is 0 Å². The highest BCUT2D eigenvalue weighted by molar-refractivity contribution is 7.99. The van der Waals surface area contributed by atoms with Crippen LogP contribution in [-0.4, -0.2) is 40.0 Å². The summed E-state index contributed by atoms with van der Waals surface area (Å²) in [7, 11) is 0.